The summed E-state index contributed by atoms with van der Waals surface area (Å²) in [4.78, 5) is 10.9. The molecule has 1 aliphatic rings. The molecule has 0 aromatic heterocycles. The second-order valence-corrected chi connectivity index (χ2v) is 5.60. The third kappa shape index (κ3) is 2.27. The fourth-order valence-corrected chi connectivity index (χ4v) is 2.21. The number of nitrogens with two attached hydrogens (primary N) is 1. The van der Waals surface area contributed by atoms with Crippen LogP contribution in [0.15, 0.2) is 0 Å². The molecule has 1 rings (SSSR count). The van der Waals surface area contributed by atoms with Crippen LogP contribution in [0.4, 0.5) is 0 Å². The van der Waals surface area contributed by atoms with E-state index < -0.39 is 11.5 Å². The van der Waals surface area contributed by atoms with Crippen molar-refractivity contribution < 1.29 is 9.90 Å². The van der Waals surface area contributed by atoms with E-state index in [4.69, 9.17) is 10.8 Å². The van der Waals surface area contributed by atoms with E-state index in [9.17, 15) is 4.79 Å². The molecule has 14 heavy (non-hydrogen) atoms. The summed E-state index contributed by atoms with van der Waals surface area (Å²) in [7, 11) is 0. The average Bonchev–Trinajstić information content (AvgIpc) is 2.03. The Morgan fingerprint density at radius 2 is 1.79 bits per heavy atom. The first-order valence-electron chi connectivity index (χ1n) is 5.28. The lowest BCUT2D eigenvalue weighted by atomic mass is 9.67. The summed E-state index contributed by atoms with van der Waals surface area (Å²) in [5, 5.41) is 8.96. The Labute approximate surface area is 85.7 Å². The Kier molecular flexibility index (Phi) is 2.91. The minimum atomic E-state index is -0.957. The lowest BCUT2D eigenvalue weighted by Gasteiger charge is -2.39. The monoisotopic (exact) mass is 199 g/mol. The SMILES string of the molecule is CC(C)(C)[C@H]1CC[C@](N)(C(=O)O)CC1. The van der Waals surface area contributed by atoms with Gasteiger partial charge in [-0.1, -0.05) is 20.8 Å². The maximum Gasteiger partial charge on any atom is 0.323 e. The highest BCUT2D eigenvalue weighted by molar-refractivity contribution is 5.78. The van der Waals surface area contributed by atoms with Gasteiger partial charge in [0.1, 0.15) is 5.54 Å². The van der Waals surface area contributed by atoms with Crippen LogP contribution in [-0.2, 0) is 4.79 Å². The number of carboxylic acid groups (broad SMARTS) is 1. The maximum atomic E-state index is 10.9. The van der Waals surface area contributed by atoms with Gasteiger partial charge in [-0.2, -0.15) is 0 Å². The standard InChI is InChI=1S/C11H21NO2/c1-10(2,3)8-4-6-11(12,7-5-8)9(13)14/h8H,4-7,12H2,1-3H3,(H,13,14)/t8-,11+. The second kappa shape index (κ2) is 3.54. The van der Waals surface area contributed by atoms with Gasteiger partial charge in [0.25, 0.3) is 0 Å². The first-order valence-corrected chi connectivity index (χ1v) is 5.28. The molecule has 0 aromatic rings. The molecule has 1 fully saturated rings. The normalized spacial score (nSPS) is 34.1. The fourth-order valence-electron chi connectivity index (χ4n) is 2.21. The highest BCUT2D eigenvalue weighted by atomic mass is 16.4. The molecule has 3 heteroatoms. The average molecular weight is 199 g/mol. The molecule has 0 aromatic carbocycles. The zero-order valence-electron chi connectivity index (χ0n) is 9.34. The van der Waals surface area contributed by atoms with Gasteiger partial charge >= 0.3 is 5.97 Å². The van der Waals surface area contributed by atoms with Crippen LogP contribution in [0.2, 0.25) is 0 Å². The quantitative estimate of drug-likeness (QED) is 0.679. The summed E-state index contributed by atoms with van der Waals surface area (Å²) in [6.45, 7) is 6.63. The maximum absolute atomic E-state index is 10.9. The molecule has 82 valence electrons. The third-order valence-corrected chi connectivity index (χ3v) is 3.53. The van der Waals surface area contributed by atoms with Crippen LogP contribution in [0.25, 0.3) is 0 Å². The topological polar surface area (TPSA) is 63.3 Å². The van der Waals surface area contributed by atoms with Gasteiger partial charge in [0.05, 0.1) is 0 Å². The first kappa shape index (κ1) is 11.5. The third-order valence-electron chi connectivity index (χ3n) is 3.53. The van der Waals surface area contributed by atoms with Gasteiger partial charge in [0.2, 0.25) is 0 Å². The van der Waals surface area contributed by atoms with Crippen molar-refractivity contribution in [2.75, 3.05) is 0 Å². The summed E-state index contributed by atoms with van der Waals surface area (Å²) in [5.74, 6) is -0.233. The van der Waals surface area contributed by atoms with Gasteiger partial charge in [-0.25, -0.2) is 0 Å². The van der Waals surface area contributed by atoms with Gasteiger partial charge in [0, 0.05) is 0 Å². The number of hydrogen-bond donors (Lipinski definition) is 2. The van der Waals surface area contributed by atoms with E-state index in [0.29, 0.717) is 18.8 Å². The summed E-state index contributed by atoms with van der Waals surface area (Å²) in [6, 6.07) is 0. The Hall–Kier alpha value is -0.570. The minimum Gasteiger partial charge on any atom is -0.480 e. The van der Waals surface area contributed by atoms with E-state index >= 15 is 0 Å². The molecule has 1 aliphatic carbocycles. The number of carboxylic acids is 1. The van der Waals surface area contributed by atoms with Gasteiger partial charge < -0.3 is 10.8 Å². The van der Waals surface area contributed by atoms with Gasteiger partial charge in [0.15, 0.2) is 0 Å². The predicted octanol–water partition coefficient (Wildman–Crippen LogP) is 2.00. The summed E-state index contributed by atoms with van der Waals surface area (Å²) < 4.78 is 0. The molecule has 0 radical (unpaired) electrons. The lowest BCUT2D eigenvalue weighted by molar-refractivity contribution is -0.145. The molecule has 0 atom stereocenters. The van der Waals surface area contributed by atoms with Crippen LogP contribution in [-0.4, -0.2) is 16.6 Å². The zero-order valence-corrected chi connectivity index (χ0v) is 9.34. The van der Waals surface area contributed by atoms with Gasteiger partial charge in [-0.05, 0) is 37.0 Å². The summed E-state index contributed by atoms with van der Waals surface area (Å²) >= 11 is 0. The highest BCUT2D eigenvalue weighted by Crippen LogP contribution is 2.40. The van der Waals surface area contributed by atoms with Crippen LogP contribution < -0.4 is 5.73 Å². The highest BCUT2D eigenvalue weighted by Gasteiger charge is 2.40. The van der Waals surface area contributed by atoms with Gasteiger partial charge in [-0.3, -0.25) is 4.79 Å². The number of aliphatic carboxylic acids is 1. The van der Waals surface area contributed by atoms with Crippen LogP contribution >= 0.6 is 0 Å². The van der Waals surface area contributed by atoms with E-state index in [1.54, 1.807) is 0 Å². The van der Waals surface area contributed by atoms with Crippen molar-refractivity contribution >= 4 is 5.97 Å². The van der Waals surface area contributed by atoms with Crippen LogP contribution in [0.3, 0.4) is 0 Å². The molecule has 3 nitrogen and oxygen atoms in total. The smallest absolute Gasteiger partial charge is 0.323 e. The van der Waals surface area contributed by atoms with E-state index in [-0.39, 0.29) is 5.41 Å². The molecule has 0 amide bonds. The van der Waals surface area contributed by atoms with Crippen molar-refractivity contribution in [3.8, 4) is 0 Å². The number of rotatable bonds is 1. The Bertz CT molecular complexity index is 222. The fraction of sp³-hybridized carbons (Fsp3) is 0.909. The molecule has 0 spiro atoms. The number of hydrogen-bond acceptors (Lipinski definition) is 2. The molecular formula is C11H21NO2. The zero-order chi connectivity index (χ0) is 11.0. The van der Waals surface area contributed by atoms with Crippen molar-refractivity contribution in [2.45, 2.75) is 52.0 Å². The second-order valence-electron chi connectivity index (χ2n) is 5.60. The van der Waals surface area contributed by atoms with Crippen molar-refractivity contribution in [1.82, 2.24) is 0 Å². The Morgan fingerprint density at radius 3 is 2.07 bits per heavy atom. The first-order chi connectivity index (χ1) is 6.26. The van der Waals surface area contributed by atoms with Gasteiger partial charge in [-0.15, -0.1) is 0 Å². The Balaban J connectivity index is 2.59. The van der Waals surface area contributed by atoms with E-state index in [0.717, 1.165) is 12.8 Å². The molecular weight excluding hydrogens is 178 g/mol. The van der Waals surface area contributed by atoms with Crippen molar-refractivity contribution in [2.24, 2.45) is 17.1 Å². The summed E-state index contributed by atoms with van der Waals surface area (Å²) in [5.41, 5.74) is 5.13. The molecule has 0 saturated heterocycles. The van der Waals surface area contributed by atoms with E-state index in [1.807, 2.05) is 0 Å². The molecule has 3 N–H and O–H groups in total. The minimum absolute atomic E-state index is 0.278. The van der Waals surface area contributed by atoms with Crippen LogP contribution in [0.1, 0.15) is 46.5 Å². The molecule has 0 bridgehead atoms. The molecule has 0 heterocycles. The number of carbonyl (C=O) groups is 1. The predicted molar refractivity (Wildman–Crippen MR) is 56.0 cm³/mol. The largest absolute Gasteiger partial charge is 0.480 e. The summed E-state index contributed by atoms with van der Waals surface area (Å²) in [6.07, 6.45) is 3.10. The van der Waals surface area contributed by atoms with Crippen molar-refractivity contribution in [3.05, 3.63) is 0 Å². The Morgan fingerprint density at radius 1 is 1.36 bits per heavy atom. The lowest BCUT2D eigenvalue weighted by Crippen LogP contribution is -2.51. The van der Waals surface area contributed by atoms with Crippen LogP contribution in [0, 0.1) is 11.3 Å². The molecule has 1 saturated carbocycles. The van der Waals surface area contributed by atoms with Crippen molar-refractivity contribution in [3.63, 3.8) is 0 Å². The van der Waals surface area contributed by atoms with E-state index in [1.165, 1.54) is 0 Å². The molecule has 0 aliphatic heterocycles. The van der Waals surface area contributed by atoms with E-state index in [2.05, 4.69) is 20.8 Å². The molecule has 0 unspecified atom stereocenters. The van der Waals surface area contributed by atoms with Crippen LogP contribution in [0.5, 0.6) is 0 Å². The van der Waals surface area contributed by atoms with Crippen molar-refractivity contribution in [1.29, 1.82) is 0 Å².